The molecule has 1 N–H and O–H groups in total. The maximum atomic E-state index is 4.94. The van der Waals surface area contributed by atoms with Crippen molar-refractivity contribution < 1.29 is 0 Å². The van der Waals surface area contributed by atoms with Crippen LogP contribution in [0.4, 0.5) is 0 Å². The molecule has 0 saturated heterocycles. The molecule has 0 radical (unpaired) electrons. The summed E-state index contributed by atoms with van der Waals surface area (Å²) in [5, 5.41) is 7.63. The van der Waals surface area contributed by atoms with Crippen molar-refractivity contribution in [3.05, 3.63) is 27.8 Å². The van der Waals surface area contributed by atoms with Gasteiger partial charge in [-0.1, -0.05) is 17.4 Å². The van der Waals surface area contributed by atoms with E-state index in [4.69, 9.17) is 12.2 Å². The quantitative estimate of drug-likeness (QED) is 0.734. The second-order valence-electron chi connectivity index (χ2n) is 2.58. The number of hydrogen-bond acceptors (Lipinski definition) is 4. The Morgan fingerprint density at radius 2 is 2.31 bits per heavy atom. The fourth-order valence-corrected chi connectivity index (χ4v) is 1.86. The lowest BCUT2D eigenvalue weighted by Crippen LogP contribution is -1.84. The van der Waals surface area contributed by atoms with Crippen molar-refractivity contribution in [2.24, 2.45) is 0 Å². The first-order valence-corrected chi connectivity index (χ1v) is 4.98. The Bertz CT molecular complexity index is 472. The molecule has 3 nitrogen and oxygen atoms in total. The smallest absolute Gasteiger partial charge is 0.176 e. The van der Waals surface area contributed by atoms with Gasteiger partial charge >= 0.3 is 0 Å². The minimum atomic E-state index is 0.679. The first-order chi connectivity index (χ1) is 6.25. The zero-order valence-corrected chi connectivity index (χ0v) is 8.58. The van der Waals surface area contributed by atoms with Crippen molar-refractivity contribution in [2.45, 2.75) is 6.92 Å². The monoisotopic (exact) mass is 209 g/mol. The first kappa shape index (κ1) is 8.52. The van der Waals surface area contributed by atoms with Crippen molar-refractivity contribution in [3.8, 4) is 10.7 Å². The van der Waals surface area contributed by atoms with Crippen molar-refractivity contribution in [1.82, 2.24) is 15.2 Å². The van der Waals surface area contributed by atoms with Crippen LogP contribution < -0.4 is 0 Å². The molecule has 0 aliphatic rings. The molecule has 2 heterocycles. The van der Waals surface area contributed by atoms with Gasteiger partial charge in [0.15, 0.2) is 8.96 Å². The molecule has 5 heteroatoms. The normalized spacial score (nSPS) is 10.2. The van der Waals surface area contributed by atoms with E-state index in [2.05, 4.69) is 15.2 Å². The van der Waals surface area contributed by atoms with Gasteiger partial charge in [0.1, 0.15) is 5.69 Å². The van der Waals surface area contributed by atoms with E-state index in [1.165, 1.54) is 11.3 Å². The average Bonchev–Trinajstić information content (AvgIpc) is 2.52. The second kappa shape index (κ2) is 3.35. The molecule has 0 amide bonds. The van der Waals surface area contributed by atoms with E-state index in [1.54, 1.807) is 0 Å². The van der Waals surface area contributed by atoms with E-state index in [1.807, 2.05) is 25.1 Å². The highest BCUT2D eigenvalue weighted by molar-refractivity contribution is 7.73. The van der Waals surface area contributed by atoms with Crippen LogP contribution in [0.5, 0.6) is 0 Å². The SMILES string of the molecule is Cc1cccc(-c2n[nH]c(=S)s2)n1. The molecule has 0 aromatic carbocycles. The summed E-state index contributed by atoms with van der Waals surface area (Å²) in [4.78, 5) is 4.34. The fraction of sp³-hybridized carbons (Fsp3) is 0.125. The summed E-state index contributed by atoms with van der Waals surface area (Å²) in [6, 6.07) is 5.84. The lowest BCUT2D eigenvalue weighted by molar-refractivity contribution is 1.07. The maximum absolute atomic E-state index is 4.94. The van der Waals surface area contributed by atoms with Crippen LogP contribution in [-0.4, -0.2) is 15.2 Å². The van der Waals surface area contributed by atoms with Crippen LogP contribution in [0.1, 0.15) is 5.69 Å². The third-order valence-electron chi connectivity index (χ3n) is 1.55. The number of nitrogens with one attached hydrogen (secondary N) is 1. The summed E-state index contributed by atoms with van der Waals surface area (Å²) in [6.07, 6.45) is 0. The van der Waals surface area contributed by atoms with Gasteiger partial charge in [0.2, 0.25) is 0 Å². The van der Waals surface area contributed by atoms with Crippen LogP contribution in [0.2, 0.25) is 0 Å². The van der Waals surface area contributed by atoms with Crippen LogP contribution in [0.15, 0.2) is 18.2 Å². The molecule has 0 spiro atoms. The summed E-state index contributed by atoms with van der Waals surface area (Å²) in [7, 11) is 0. The Morgan fingerprint density at radius 1 is 1.46 bits per heavy atom. The van der Waals surface area contributed by atoms with Gasteiger partial charge in [0.05, 0.1) is 0 Å². The Balaban J connectivity index is 2.52. The average molecular weight is 209 g/mol. The molecule has 0 saturated carbocycles. The van der Waals surface area contributed by atoms with E-state index in [0.717, 1.165) is 16.4 Å². The van der Waals surface area contributed by atoms with E-state index in [9.17, 15) is 0 Å². The number of aromatic nitrogens is 3. The van der Waals surface area contributed by atoms with Crippen LogP contribution in [0, 0.1) is 10.9 Å². The van der Waals surface area contributed by atoms with E-state index >= 15 is 0 Å². The lowest BCUT2D eigenvalue weighted by atomic mass is 10.3. The van der Waals surface area contributed by atoms with Gasteiger partial charge in [-0.2, -0.15) is 5.10 Å². The van der Waals surface area contributed by atoms with E-state index < -0.39 is 0 Å². The summed E-state index contributed by atoms with van der Waals surface area (Å²) in [5.41, 5.74) is 1.86. The Kier molecular flexibility index (Phi) is 2.20. The van der Waals surface area contributed by atoms with Crippen LogP contribution in [0.3, 0.4) is 0 Å². The van der Waals surface area contributed by atoms with E-state index in [0.29, 0.717) is 3.95 Å². The molecule has 66 valence electrons. The van der Waals surface area contributed by atoms with Crippen molar-refractivity contribution in [3.63, 3.8) is 0 Å². The van der Waals surface area contributed by atoms with Gasteiger partial charge in [0.25, 0.3) is 0 Å². The van der Waals surface area contributed by atoms with Crippen LogP contribution in [-0.2, 0) is 0 Å². The highest BCUT2D eigenvalue weighted by Crippen LogP contribution is 2.18. The number of hydrogen-bond donors (Lipinski definition) is 1. The van der Waals surface area contributed by atoms with Gasteiger partial charge in [-0.05, 0) is 31.3 Å². The largest absolute Gasteiger partial charge is 0.258 e. The number of nitrogens with zero attached hydrogens (tertiary/aromatic N) is 2. The molecule has 2 rings (SSSR count). The van der Waals surface area contributed by atoms with Crippen molar-refractivity contribution in [1.29, 1.82) is 0 Å². The molecule has 2 aromatic rings. The number of H-pyrrole nitrogens is 1. The molecule has 0 unspecified atom stereocenters. The number of rotatable bonds is 1. The Morgan fingerprint density at radius 3 is 2.92 bits per heavy atom. The van der Waals surface area contributed by atoms with Crippen LogP contribution >= 0.6 is 23.6 Å². The van der Waals surface area contributed by atoms with Crippen molar-refractivity contribution in [2.75, 3.05) is 0 Å². The Labute approximate surface area is 84.5 Å². The second-order valence-corrected chi connectivity index (χ2v) is 4.25. The summed E-state index contributed by atoms with van der Waals surface area (Å²) in [5.74, 6) is 0. The molecule has 13 heavy (non-hydrogen) atoms. The minimum Gasteiger partial charge on any atom is -0.258 e. The standard InChI is InChI=1S/C8H7N3S2/c1-5-3-2-4-6(9-5)7-10-11-8(12)13-7/h2-4H,1H3,(H,11,12). The summed E-state index contributed by atoms with van der Waals surface area (Å²) < 4.78 is 0.679. The van der Waals surface area contributed by atoms with Gasteiger partial charge in [0, 0.05) is 5.69 Å². The molecule has 0 fully saturated rings. The number of aromatic amines is 1. The van der Waals surface area contributed by atoms with Crippen molar-refractivity contribution >= 4 is 23.6 Å². The topological polar surface area (TPSA) is 41.6 Å². The van der Waals surface area contributed by atoms with Gasteiger partial charge in [-0.15, -0.1) is 0 Å². The van der Waals surface area contributed by atoms with Gasteiger partial charge < -0.3 is 0 Å². The predicted molar refractivity (Wildman–Crippen MR) is 55.3 cm³/mol. The predicted octanol–water partition coefficient (Wildman–Crippen LogP) is 2.57. The third-order valence-corrected chi connectivity index (χ3v) is 2.66. The zero-order chi connectivity index (χ0) is 9.26. The molecule has 0 aliphatic heterocycles. The van der Waals surface area contributed by atoms with Gasteiger partial charge in [-0.25, -0.2) is 0 Å². The first-order valence-electron chi connectivity index (χ1n) is 3.75. The summed E-state index contributed by atoms with van der Waals surface area (Å²) >= 11 is 6.37. The molecule has 0 atom stereocenters. The highest BCUT2D eigenvalue weighted by Gasteiger charge is 2.02. The highest BCUT2D eigenvalue weighted by atomic mass is 32.1. The molecule has 0 bridgehead atoms. The van der Waals surface area contributed by atoms with E-state index in [-0.39, 0.29) is 0 Å². The maximum Gasteiger partial charge on any atom is 0.176 e. The molecule has 0 aliphatic carbocycles. The van der Waals surface area contributed by atoms with Gasteiger partial charge in [-0.3, -0.25) is 10.1 Å². The minimum absolute atomic E-state index is 0.679. The van der Waals surface area contributed by atoms with Crippen LogP contribution in [0.25, 0.3) is 10.7 Å². The summed E-state index contributed by atoms with van der Waals surface area (Å²) in [6.45, 7) is 1.95. The molecule has 2 aromatic heterocycles. The third kappa shape index (κ3) is 1.81. The molecular formula is C8H7N3S2. The number of aryl methyl sites for hydroxylation is 1. The number of pyridine rings is 1. The zero-order valence-electron chi connectivity index (χ0n) is 6.94. The lowest BCUT2D eigenvalue weighted by Gasteiger charge is -1.94. The molecular weight excluding hydrogens is 202 g/mol. The Hall–Kier alpha value is -1.07. The fourth-order valence-electron chi connectivity index (χ4n) is 1.00.